The van der Waals surface area contributed by atoms with Gasteiger partial charge in [0, 0.05) is 13.1 Å². The van der Waals surface area contributed by atoms with Crippen molar-refractivity contribution in [2.24, 2.45) is 5.73 Å². The van der Waals surface area contributed by atoms with E-state index in [0.717, 1.165) is 0 Å². The van der Waals surface area contributed by atoms with Gasteiger partial charge in [0.1, 0.15) is 0 Å². The second kappa shape index (κ2) is 3.29. The van der Waals surface area contributed by atoms with E-state index in [1.54, 1.807) is 12.1 Å². The first kappa shape index (κ1) is 8.23. The number of hydrogen-bond acceptors (Lipinski definition) is 2. The van der Waals surface area contributed by atoms with Crippen LogP contribution in [-0.2, 0) is 0 Å². The zero-order valence-corrected chi connectivity index (χ0v) is 6.01. The van der Waals surface area contributed by atoms with Crippen LogP contribution < -0.4 is 11.2 Å². The molecule has 0 radical (unpaired) electrons. The molecule has 4 heteroatoms. The highest BCUT2D eigenvalue weighted by Crippen LogP contribution is 1.85. The minimum absolute atomic E-state index is 0.275. The van der Waals surface area contributed by atoms with Crippen molar-refractivity contribution in [1.82, 2.24) is 10.4 Å². The van der Waals surface area contributed by atoms with Gasteiger partial charge in [0.25, 0.3) is 0 Å². The third-order valence-electron chi connectivity index (χ3n) is 1.06. The number of carbonyl (C=O) groups excluding carboxylic acids is 1. The molecule has 0 atom stereocenters. The van der Waals surface area contributed by atoms with Crippen LogP contribution in [0.3, 0.4) is 0 Å². The van der Waals surface area contributed by atoms with Crippen LogP contribution in [0.15, 0.2) is 0 Å². The van der Waals surface area contributed by atoms with E-state index in [9.17, 15) is 4.79 Å². The number of nitrogens with two attached hydrogens (primary N) is 1. The minimum atomic E-state index is -0.522. The summed E-state index contributed by atoms with van der Waals surface area (Å²) in [5, 5.41) is 1.64. The normalized spacial score (nSPS) is 10.3. The molecule has 4 nitrogen and oxygen atoms in total. The van der Waals surface area contributed by atoms with E-state index in [2.05, 4.69) is 5.43 Å². The van der Waals surface area contributed by atoms with Crippen LogP contribution in [0.25, 0.3) is 0 Å². The van der Waals surface area contributed by atoms with Crippen LogP contribution in [0.1, 0.15) is 13.8 Å². The van der Waals surface area contributed by atoms with E-state index in [-0.39, 0.29) is 6.04 Å². The molecule has 0 spiro atoms. The maximum Gasteiger partial charge on any atom is 0.326 e. The molecule has 9 heavy (non-hydrogen) atoms. The number of primary amides is 1. The molecule has 0 aromatic heterocycles. The topological polar surface area (TPSA) is 58.4 Å². The van der Waals surface area contributed by atoms with Crippen molar-refractivity contribution < 1.29 is 4.79 Å². The van der Waals surface area contributed by atoms with Crippen molar-refractivity contribution in [2.45, 2.75) is 19.9 Å². The summed E-state index contributed by atoms with van der Waals surface area (Å²) in [6.07, 6.45) is 0. The Balaban J connectivity index is 3.50. The molecule has 54 valence electrons. The van der Waals surface area contributed by atoms with Crippen LogP contribution in [0.4, 0.5) is 4.79 Å². The predicted octanol–water partition coefficient (Wildman–Crippen LogP) is -0.0901. The molecule has 0 saturated carbocycles. The molecule has 0 aromatic carbocycles. The van der Waals surface area contributed by atoms with Gasteiger partial charge in [-0.15, -0.1) is 0 Å². The SMILES string of the molecule is CC(C)N(C)NC(N)=O. The third kappa shape index (κ3) is 3.78. The number of urea groups is 1. The highest BCUT2D eigenvalue weighted by molar-refractivity contribution is 5.70. The first-order chi connectivity index (χ1) is 4.04. The van der Waals surface area contributed by atoms with Gasteiger partial charge >= 0.3 is 6.03 Å². The van der Waals surface area contributed by atoms with Crippen molar-refractivity contribution in [3.63, 3.8) is 0 Å². The lowest BCUT2D eigenvalue weighted by atomic mass is 10.4. The van der Waals surface area contributed by atoms with E-state index < -0.39 is 6.03 Å². The van der Waals surface area contributed by atoms with Crippen molar-refractivity contribution >= 4 is 6.03 Å². The zero-order chi connectivity index (χ0) is 7.44. The third-order valence-corrected chi connectivity index (χ3v) is 1.06. The number of amides is 2. The summed E-state index contributed by atoms with van der Waals surface area (Å²) < 4.78 is 0. The quantitative estimate of drug-likeness (QED) is 0.514. The lowest BCUT2D eigenvalue weighted by molar-refractivity contribution is 0.182. The Morgan fingerprint density at radius 1 is 1.67 bits per heavy atom. The number of nitrogens with zero attached hydrogens (tertiary/aromatic N) is 1. The van der Waals surface area contributed by atoms with Crippen molar-refractivity contribution in [3.05, 3.63) is 0 Å². The molecule has 0 aromatic rings. The molecule has 2 amide bonds. The maximum atomic E-state index is 10.2. The number of nitrogens with one attached hydrogen (secondary N) is 1. The molecule has 0 fully saturated rings. The Morgan fingerprint density at radius 3 is 2.22 bits per heavy atom. The molecule has 0 unspecified atom stereocenters. The average Bonchev–Trinajstić information content (AvgIpc) is 1.63. The summed E-state index contributed by atoms with van der Waals surface area (Å²) in [5.74, 6) is 0. The maximum absolute atomic E-state index is 10.2. The van der Waals surface area contributed by atoms with E-state index >= 15 is 0 Å². The number of hydrogen-bond donors (Lipinski definition) is 2. The molecule has 0 aliphatic carbocycles. The average molecular weight is 131 g/mol. The number of rotatable bonds is 2. The molecule has 3 N–H and O–H groups in total. The smallest absolute Gasteiger partial charge is 0.326 e. The first-order valence-corrected chi connectivity index (χ1v) is 2.83. The first-order valence-electron chi connectivity index (χ1n) is 2.83. The van der Waals surface area contributed by atoms with Gasteiger partial charge in [-0.05, 0) is 13.8 Å². The van der Waals surface area contributed by atoms with Crippen molar-refractivity contribution in [2.75, 3.05) is 7.05 Å². The summed E-state index contributed by atoms with van der Waals surface area (Å²) in [6.45, 7) is 3.91. The van der Waals surface area contributed by atoms with Crippen molar-refractivity contribution in [3.8, 4) is 0 Å². The zero-order valence-electron chi connectivity index (χ0n) is 6.01. The Bertz CT molecular complexity index is 102. The summed E-state index contributed by atoms with van der Waals surface area (Å²) in [7, 11) is 1.76. The second-order valence-corrected chi connectivity index (χ2v) is 2.18. The molecular weight excluding hydrogens is 118 g/mol. The fraction of sp³-hybridized carbons (Fsp3) is 0.800. The molecule has 0 aliphatic heterocycles. The lowest BCUT2D eigenvalue weighted by Gasteiger charge is -2.19. The van der Waals surface area contributed by atoms with Gasteiger partial charge in [0.2, 0.25) is 0 Å². The highest BCUT2D eigenvalue weighted by atomic mass is 16.2. The Kier molecular flexibility index (Phi) is 3.01. The summed E-state index contributed by atoms with van der Waals surface area (Å²) >= 11 is 0. The van der Waals surface area contributed by atoms with Gasteiger partial charge in [0.15, 0.2) is 0 Å². The van der Waals surface area contributed by atoms with Crippen LogP contribution in [0, 0.1) is 0 Å². The highest BCUT2D eigenvalue weighted by Gasteiger charge is 2.02. The molecular formula is C5H13N3O. The summed E-state index contributed by atoms with van der Waals surface area (Å²) in [4.78, 5) is 10.2. The van der Waals surface area contributed by atoms with Crippen LogP contribution >= 0.6 is 0 Å². The largest absolute Gasteiger partial charge is 0.351 e. The second-order valence-electron chi connectivity index (χ2n) is 2.18. The predicted molar refractivity (Wildman–Crippen MR) is 35.6 cm³/mol. The van der Waals surface area contributed by atoms with Crippen LogP contribution in [0.2, 0.25) is 0 Å². The van der Waals surface area contributed by atoms with Gasteiger partial charge in [-0.3, -0.25) is 5.43 Å². The van der Waals surface area contributed by atoms with Crippen LogP contribution in [-0.4, -0.2) is 24.1 Å². The van der Waals surface area contributed by atoms with Gasteiger partial charge in [0.05, 0.1) is 0 Å². The number of hydrazine groups is 1. The van der Waals surface area contributed by atoms with Gasteiger partial charge in [-0.1, -0.05) is 0 Å². The monoisotopic (exact) mass is 131 g/mol. The Morgan fingerprint density at radius 2 is 2.11 bits per heavy atom. The molecule has 0 saturated heterocycles. The van der Waals surface area contributed by atoms with Crippen LogP contribution in [0.5, 0.6) is 0 Å². The fourth-order valence-corrected chi connectivity index (χ4v) is 0.303. The van der Waals surface area contributed by atoms with E-state index in [1.807, 2.05) is 13.8 Å². The summed E-state index contributed by atoms with van der Waals surface area (Å²) in [5.41, 5.74) is 7.25. The van der Waals surface area contributed by atoms with Crippen molar-refractivity contribution in [1.29, 1.82) is 0 Å². The Hall–Kier alpha value is -0.770. The molecule has 0 rings (SSSR count). The summed E-state index contributed by atoms with van der Waals surface area (Å²) in [6, 6.07) is -0.247. The molecule has 0 heterocycles. The number of carbonyl (C=O) groups is 1. The van der Waals surface area contributed by atoms with Gasteiger partial charge in [-0.2, -0.15) is 0 Å². The van der Waals surface area contributed by atoms with E-state index in [1.165, 1.54) is 0 Å². The standard InChI is InChI=1S/C5H13N3O/c1-4(2)8(3)7-5(6)9/h4H,1-3H3,(H3,6,7,9). The molecule has 0 aliphatic rings. The van der Waals surface area contributed by atoms with Gasteiger partial charge < -0.3 is 5.73 Å². The fourth-order valence-electron chi connectivity index (χ4n) is 0.303. The molecule has 0 bridgehead atoms. The van der Waals surface area contributed by atoms with E-state index in [4.69, 9.17) is 5.73 Å². The Labute approximate surface area is 55.0 Å². The minimum Gasteiger partial charge on any atom is -0.351 e. The van der Waals surface area contributed by atoms with Gasteiger partial charge in [-0.25, -0.2) is 9.80 Å². The lowest BCUT2D eigenvalue weighted by Crippen LogP contribution is -2.45. The van der Waals surface area contributed by atoms with E-state index in [0.29, 0.717) is 0 Å².